The Hall–Kier alpha value is -2.96. The second-order valence-electron chi connectivity index (χ2n) is 8.70. The van der Waals surface area contributed by atoms with Crippen molar-refractivity contribution in [3.8, 4) is 5.75 Å². The Morgan fingerprint density at radius 1 is 1.03 bits per heavy atom. The fourth-order valence-electron chi connectivity index (χ4n) is 4.64. The van der Waals surface area contributed by atoms with Crippen LogP contribution in [-0.2, 0) is 11.2 Å². The Kier molecular flexibility index (Phi) is 7.02. The third-order valence-electron chi connectivity index (χ3n) is 6.51. The lowest BCUT2D eigenvalue weighted by Crippen LogP contribution is -2.40. The number of methoxy groups -OCH3 is 1. The van der Waals surface area contributed by atoms with E-state index in [9.17, 15) is 9.59 Å². The number of piperidine rings is 2. The van der Waals surface area contributed by atoms with Crippen molar-refractivity contribution < 1.29 is 14.3 Å². The van der Waals surface area contributed by atoms with Gasteiger partial charge in [0.05, 0.1) is 30.8 Å². The Labute approximate surface area is 189 Å². The Morgan fingerprint density at radius 3 is 2.44 bits per heavy atom. The van der Waals surface area contributed by atoms with Crippen LogP contribution in [0.5, 0.6) is 5.75 Å². The quantitative estimate of drug-likeness (QED) is 0.714. The van der Waals surface area contributed by atoms with Gasteiger partial charge in [-0.05, 0) is 63.1 Å². The minimum absolute atomic E-state index is 0.0184. The maximum Gasteiger partial charge on any atom is 0.257 e. The zero-order valence-corrected chi connectivity index (χ0v) is 19.0. The standard InChI is InChI=1S/C25H32N4O3/c1-18-21(25(31)28-13-5-3-6-14-28)17-26-24(27-18)22-8-4-7-15-29(22)23(30)16-19-9-11-20(32-2)12-10-19/h9-12,17,22H,3-8,13-16H2,1-2H3/t22-/m1/s1. The molecule has 2 aliphatic rings. The Morgan fingerprint density at radius 2 is 1.75 bits per heavy atom. The summed E-state index contributed by atoms with van der Waals surface area (Å²) in [6.07, 6.45) is 8.14. The molecule has 0 radical (unpaired) electrons. The van der Waals surface area contributed by atoms with Gasteiger partial charge in [-0.2, -0.15) is 0 Å². The van der Waals surface area contributed by atoms with Crippen LogP contribution in [0.4, 0.5) is 0 Å². The third kappa shape index (κ3) is 4.92. The summed E-state index contributed by atoms with van der Waals surface area (Å²) in [7, 11) is 1.63. The highest BCUT2D eigenvalue weighted by atomic mass is 16.5. The van der Waals surface area contributed by atoms with Crippen LogP contribution in [0.1, 0.15) is 72.0 Å². The predicted octanol–water partition coefficient (Wildman–Crippen LogP) is 3.72. The van der Waals surface area contributed by atoms with Gasteiger partial charge in [-0.1, -0.05) is 12.1 Å². The van der Waals surface area contributed by atoms with Crippen molar-refractivity contribution in [1.82, 2.24) is 19.8 Å². The summed E-state index contributed by atoms with van der Waals surface area (Å²) in [5.41, 5.74) is 2.22. The molecule has 0 N–H and O–H groups in total. The van der Waals surface area contributed by atoms with Crippen molar-refractivity contribution in [1.29, 1.82) is 0 Å². The first-order valence-corrected chi connectivity index (χ1v) is 11.6. The molecule has 0 saturated carbocycles. The van der Waals surface area contributed by atoms with Gasteiger partial charge in [0.2, 0.25) is 5.91 Å². The molecule has 0 unspecified atom stereocenters. The molecule has 32 heavy (non-hydrogen) atoms. The van der Waals surface area contributed by atoms with Gasteiger partial charge in [0, 0.05) is 25.8 Å². The largest absolute Gasteiger partial charge is 0.497 e. The van der Waals surface area contributed by atoms with E-state index in [2.05, 4.69) is 4.98 Å². The molecule has 2 aromatic rings. The van der Waals surface area contributed by atoms with Crippen molar-refractivity contribution in [3.63, 3.8) is 0 Å². The molecule has 1 atom stereocenters. The number of hydrogen-bond acceptors (Lipinski definition) is 5. The second-order valence-corrected chi connectivity index (χ2v) is 8.70. The van der Waals surface area contributed by atoms with Gasteiger partial charge in [-0.25, -0.2) is 9.97 Å². The normalized spacial score (nSPS) is 19.0. The van der Waals surface area contributed by atoms with Crippen LogP contribution >= 0.6 is 0 Å². The summed E-state index contributed by atoms with van der Waals surface area (Å²) >= 11 is 0. The predicted molar refractivity (Wildman–Crippen MR) is 122 cm³/mol. The molecule has 1 aromatic heterocycles. The van der Waals surface area contributed by atoms with Crippen LogP contribution in [0.2, 0.25) is 0 Å². The smallest absolute Gasteiger partial charge is 0.257 e. The summed E-state index contributed by atoms with van der Waals surface area (Å²) < 4.78 is 5.20. The Balaban J connectivity index is 1.49. The number of benzene rings is 1. The van der Waals surface area contributed by atoms with E-state index in [1.54, 1.807) is 13.3 Å². The highest BCUT2D eigenvalue weighted by molar-refractivity contribution is 5.95. The molecular weight excluding hydrogens is 404 g/mol. The minimum atomic E-state index is -0.146. The van der Waals surface area contributed by atoms with E-state index in [1.807, 2.05) is 41.0 Å². The number of nitrogens with zero attached hydrogens (tertiary/aromatic N) is 4. The summed E-state index contributed by atoms with van der Waals surface area (Å²) in [5, 5.41) is 0. The van der Waals surface area contributed by atoms with Gasteiger partial charge in [0.1, 0.15) is 5.75 Å². The Bertz CT molecular complexity index is 954. The van der Waals surface area contributed by atoms with Crippen LogP contribution in [0, 0.1) is 6.92 Å². The number of likely N-dealkylation sites (tertiary alicyclic amines) is 2. The first kappa shape index (κ1) is 22.2. The lowest BCUT2D eigenvalue weighted by Gasteiger charge is -2.35. The summed E-state index contributed by atoms with van der Waals surface area (Å²) in [4.78, 5) is 39.1. The molecule has 0 bridgehead atoms. The van der Waals surface area contributed by atoms with Crippen molar-refractivity contribution >= 4 is 11.8 Å². The van der Waals surface area contributed by atoms with E-state index in [0.717, 1.165) is 56.5 Å². The fourth-order valence-corrected chi connectivity index (χ4v) is 4.64. The number of aryl methyl sites for hydroxylation is 1. The molecule has 170 valence electrons. The van der Waals surface area contributed by atoms with E-state index in [1.165, 1.54) is 6.42 Å². The number of hydrogen-bond donors (Lipinski definition) is 0. The van der Waals surface area contributed by atoms with Gasteiger partial charge in [-0.3, -0.25) is 9.59 Å². The highest BCUT2D eigenvalue weighted by Gasteiger charge is 2.31. The molecule has 0 aliphatic carbocycles. The molecule has 7 nitrogen and oxygen atoms in total. The van der Waals surface area contributed by atoms with Crippen molar-refractivity contribution in [2.45, 2.75) is 57.9 Å². The van der Waals surface area contributed by atoms with Crippen LogP contribution < -0.4 is 4.74 Å². The van der Waals surface area contributed by atoms with E-state index < -0.39 is 0 Å². The van der Waals surface area contributed by atoms with E-state index in [-0.39, 0.29) is 17.9 Å². The second kappa shape index (κ2) is 10.1. The first-order valence-electron chi connectivity index (χ1n) is 11.6. The lowest BCUT2D eigenvalue weighted by atomic mass is 9.99. The maximum atomic E-state index is 13.2. The zero-order valence-electron chi connectivity index (χ0n) is 19.0. The van der Waals surface area contributed by atoms with Crippen molar-refractivity contribution in [2.24, 2.45) is 0 Å². The van der Waals surface area contributed by atoms with Gasteiger partial charge in [-0.15, -0.1) is 0 Å². The lowest BCUT2D eigenvalue weighted by molar-refractivity contribution is -0.134. The zero-order chi connectivity index (χ0) is 22.5. The molecule has 1 aromatic carbocycles. The van der Waals surface area contributed by atoms with Gasteiger partial charge >= 0.3 is 0 Å². The fraction of sp³-hybridized carbons (Fsp3) is 0.520. The van der Waals surface area contributed by atoms with E-state index >= 15 is 0 Å². The average Bonchev–Trinajstić information content (AvgIpc) is 2.84. The van der Waals surface area contributed by atoms with Gasteiger partial charge < -0.3 is 14.5 Å². The number of carbonyl (C=O) groups excluding carboxylic acids is 2. The van der Waals surface area contributed by atoms with E-state index in [4.69, 9.17) is 9.72 Å². The summed E-state index contributed by atoms with van der Waals surface area (Å²) in [6.45, 7) is 4.18. The number of amides is 2. The number of aromatic nitrogens is 2. The molecule has 2 saturated heterocycles. The van der Waals surface area contributed by atoms with Crippen LogP contribution in [0.3, 0.4) is 0 Å². The van der Waals surface area contributed by atoms with E-state index in [0.29, 0.717) is 30.0 Å². The molecule has 7 heteroatoms. The topological polar surface area (TPSA) is 75.6 Å². The molecular formula is C25H32N4O3. The summed E-state index contributed by atoms with van der Waals surface area (Å²) in [5.74, 6) is 1.51. The van der Waals surface area contributed by atoms with Gasteiger partial charge in [0.25, 0.3) is 5.91 Å². The summed E-state index contributed by atoms with van der Waals surface area (Å²) in [6, 6.07) is 7.46. The monoisotopic (exact) mass is 436 g/mol. The SMILES string of the molecule is COc1ccc(CC(=O)N2CCCC[C@@H]2c2ncc(C(=O)N3CCCCC3)c(C)n2)cc1. The van der Waals surface area contributed by atoms with Crippen LogP contribution in [0.25, 0.3) is 0 Å². The number of carbonyl (C=O) groups is 2. The number of ether oxygens (including phenoxy) is 1. The maximum absolute atomic E-state index is 13.2. The average molecular weight is 437 g/mol. The molecule has 2 amide bonds. The van der Waals surface area contributed by atoms with Crippen molar-refractivity contribution in [3.05, 3.63) is 53.1 Å². The third-order valence-corrected chi connectivity index (χ3v) is 6.51. The highest BCUT2D eigenvalue weighted by Crippen LogP contribution is 2.30. The minimum Gasteiger partial charge on any atom is -0.497 e. The molecule has 0 spiro atoms. The molecule has 4 rings (SSSR count). The van der Waals surface area contributed by atoms with Crippen LogP contribution in [0.15, 0.2) is 30.5 Å². The van der Waals surface area contributed by atoms with Crippen LogP contribution in [-0.4, -0.2) is 58.3 Å². The van der Waals surface area contributed by atoms with Gasteiger partial charge in [0.15, 0.2) is 5.82 Å². The molecule has 2 aliphatic heterocycles. The number of rotatable bonds is 5. The first-order chi connectivity index (χ1) is 15.6. The van der Waals surface area contributed by atoms with Crippen molar-refractivity contribution in [2.75, 3.05) is 26.7 Å². The molecule has 2 fully saturated rings. The molecule has 3 heterocycles.